The first kappa shape index (κ1) is 22.0. The van der Waals surface area contributed by atoms with Gasteiger partial charge in [0.2, 0.25) is 0 Å². The molecule has 0 atom stereocenters. The van der Waals surface area contributed by atoms with Gasteiger partial charge >= 0.3 is 0 Å². The highest BCUT2D eigenvalue weighted by molar-refractivity contribution is 5.80. The fourth-order valence-corrected chi connectivity index (χ4v) is 3.49. The SMILES string of the molecule is CN=C(NCc1ccc(C)cc1OCCOC)NCC1(c2ccc(OC)cc2)CC1. The summed E-state index contributed by atoms with van der Waals surface area (Å²) in [6, 6.07) is 14.7. The lowest BCUT2D eigenvalue weighted by Gasteiger charge is -2.20. The van der Waals surface area contributed by atoms with Crippen molar-refractivity contribution in [1.29, 1.82) is 0 Å². The van der Waals surface area contributed by atoms with E-state index in [0.29, 0.717) is 19.8 Å². The Kier molecular flexibility index (Phi) is 7.57. The van der Waals surface area contributed by atoms with Crippen molar-refractivity contribution in [3.8, 4) is 11.5 Å². The summed E-state index contributed by atoms with van der Waals surface area (Å²) in [5.41, 5.74) is 3.79. The maximum absolute atomic E-state index is 5.89. The van der Waals surface area contributed by atoms with Crippen LogP contribution in [-0.2, 0) is 16.7 Å². The van der Waals surface area contributed by atoms with Gasteiger partial charge < -0.3 is 24.8 Å². The number of hydrogen-bond donors (Lipinski definition) is 2. The summed E-state index contributed by atoms with van der Waals surface area (Å²) in [5.74, 6) is 2.56. The Labute approximate surface area is 179 Å². The van der Waals surface area contributed by atoms with Gasteiger partial charge in [-0.3, -0.25) is 4.99 Å². The van der Waals surface area contributed by atoms with E-state index in [1.165, 1.54) is 24.0 Å². The molecule has 0 unspecified atom stereocenters. The van der Waals surface area contributed by atoms with Gasteiger partial charge in [-0.2, -0.15) is 0 Å². The van der Waals surface area contributed by atoms with E-state index in [2.05, 4.69) is 52.9 Å². The minimum atomic E-state index is 0.183. The van der Waals surface area contributed by atoms with Gasteiger partial charge in [0.1, 0.15) is 18.1 Å². The van der Waals surface area contributed by atoms with Gasteiger partial charge in [-0.25, -0.2) is 0 Å². The zero-order valence-corrected chi connectivity index (χ0v) is 18.5. The number of methoxy groups -OCH3 is 2. The van der Waals surface area contributed by atoms with Gasteiger partial charge in [0, 0.05) is 38.2 Å². The van der Waals surface area contributed by atoms with Gasteiger partial charge in [0.05, 0.1) is 13.7 Å². The van der Waals surface area contributed by atoms with E-state index in [-0.39, 0.29) is 5.41 Å². The quantitative estimate of drug-likeness (QED) is 0.356. The first-order chi connectivity index (χ1) is 14.6. The number of benzene rings is 2. The van der Waals surface area contributed by atoms with Crippen LogP contribution in [0, 0.1) is 6.92 Å². The second-order valence-corrected chi connectivity index (χ2v) is 7.74. The number of aliphatic imine (C=N–C) groups is 1. The number of guanidine groups is 1. The average Bonchev–Trinajstić information content (AvgIpc) is 3.56. The summed E-state index contributed by atoms with van der Waals surface area (Å²) in [4.78, 5) is 4.39. The second-order valence-electron chi connectivity index (χ2n) is 7.74. The molecule has 0 radical (unpaired) electrons. The van der Waals surface area contributed by atoms with E-state index in [0.717, 1.165) is 29.6 Å². The van der Waals surface area contributed by atoms with E-state index in [1.807, 2.05) is 12.1 Å². The van der Waals surface area contributed by atoms with Crippen molar-refractivity contribution >= 4 is 5.96 Å². The van der Waals surface area contributed by atoms with Gasteiger partial charge in [-0.05, 0) is 49.1 Å². The molecule has 2 aromatic carbocycles. The Hall–Kier alpha value is -2.73. The monoisotopic (exact) mass is 411 g/mol. The van der Waals surface area contributed by atoms with Crippen LogP contribution in [0.15, 0.2) is 47.5 Å². The minimum absolute atomic E-state index is 0.183. The molecule has 0 spiro atoms. The van der Waals surface area contributed by atoms with Crippen LogP contribution in [-0.4, -0.2) is 47.0 Å². The van der Waals surface area contributed by atoms with Crippen LogP contribution in [0.4, 0.5) is 0 Å². The third kappa shape index (κ3) is 5.66. The zero-order chi connectivity index (χ0) is 21.4. The topological polar surface area (TPSA) is 64.1 Å². The molecular formula is C24H33N3O3. The number of nitrogens with one attached hydrogen (secondary N) is 2. The Bertz CT molecular complexity index is 845. The van der Waals surface area contributed by atoms with Crippen LogP contribution < -0.4 is 20.1 Å². The second kappa shape index (κ2) is 10.3. The highest BCUT2D eigenvalue weighted by Crippen LogP contribution is 2.47. The Morgan fingerprint density at radius 2 is 1.80 bits per heavy atom. The predicted octanol–water partition coefficient (Wildman–Crippen LogP) is 3.43. The van der Waals surface area contributed by atoms with Crippen LogP contribution in [0.2, 0.25) is 0 Å². The first-order valence-electron chi connectivity index (χ1n) is 10.4. The number of nitrogens with zero attached hydrogens (tertiary/aromatic N) is 1. The van der Waals surface area contributed by atoms with Crippen molar-refractivity contribution in [2.45, 2.75) is 31.7 Å². The molecular weight excluding hydrogens is 378 g/mol. The number of hydrogen-bond acceptors (Lipinski definition) is 4. The van der Waals surface area contributed by atoms with Crippen LogP contribution in [0.1, 0.15) is 29.5 Å². The van der Waals surface area contributed by atoms with E-state index >= 15 is 0 Å². The lowest BCUT2D eigenvalue weighted by molar-refractivity contribution is 0.145. The van der Waals surface area contributed by atoms with Crippen LogP contribution in [0.5, 0.6) is 11.5 Å². The molecule has 3 rings (SSSR count). The normalized spacial score (nSPS) is 14.9. The maximum Gasteiger partial charge on any atom is 0.191 e. The summed E-state index contributed by atoms with van der Waals surface area (Å²) in [6.07, 6.45) is 2.36. The molecule has 30 heavy (non-hydrogen) atoms. The lowest BCUT2D eigenvalue weighted by Crippen LogP contribution is -2.41. The van der Waals surface area contributed by atoms with Crippen LogP contribution in [0.3, 0.4) is 0 Å². The van der Waals surface area contributed by atoms with Crippen LogP contribution in [0.25, 0.3) is 0 Å². The summed E-state index contributed by atoms with van der Waals surface area (Å²) in [7, 11) is 5.17. The van der Waals surface area contributed by atoms with Crippen molar-refractivity contribution in [3.63, 3.8) is 0 Å². The minimum Gasteiger partial charge on any atom is -0.497 e. The smallest absolute Gasteiger partial charge is 0.191 e. The largest absolute Gasteiger partial charge is 0.497 e. The molecule has 0 heterocycles. The molecule has 0 saturated heterocycles. The molecule has 0 amide bonds. The van der Waals surface area contributed by atoms with Crippen molar-refractivity contribution in [3.05, 3.63) is 59.2 Å². The zero-order valence-electron chi connectivity index (χ0n) is 18.5. The van der Waals surface area contributed by atoms with E-state index in [1.54, 1.807) is 21.3 Å². The third-order valence-electron chi connectivity index (χ3n) is 5.59. The fourth-order valence-electron chi connectivity index (χ4n) is 3.49. The molecule has 0 bridgehead atoms. The molecule has 1 saturated carbocycles. The van der Waals surface area contributed by atoms with Crippen molar-refractivity contribution < 1.29 is 14.2 Å². The molecule has 6 heteroatoms. The van der Waals surface area contributed by atoms with Crippen molar-refractivity contribution in [2.24, 2.45) is 4.99 Å². The van der Waals surface area contributed by atoms with Gasteiger partial charge in [-0.15, -0.1) is 0 Å². The Morgan fingerprint density at radius 1 is 1.03 bits per heavy atom. The number of rotatable bonds is 10. The standard InChI is InChI=1S/C24H33N3O3/c1-18-5-6-19(22(15-18)30-14-13-28-3)16-26-23(25-2)27-17-24(11-12-24)20-7-9-21(29-4)10-8-20/h5-10,15H,11-14,16-17H2,1-4H3,(H2,25,26,27). The average molecular weight is 412 g/mol. The number of aryl methyl sites for hydroxylation is 1. The summed E-state index contributed by atoms with van der Waals surface area (Å²) in [5, 5.41) is 6.91. The molecule has 1 fully saturated rings. The Morgan fingerprint density at radius 3 is 2.43 bits per heavy atom. The molecule has 2 N–H and O–H groups in total. The van der Waals surface area contributed by atoms with Gasteiger partial charge in [0.15, 0.2) is 5.96 Å². The maximum atomic E-state index is 5.89. The lowest BCUT2D eigenvalue weighted by atomic mass is 9.96. The summed E-state index contributed by atoms with van der Waals surface area (Å²) >= 11 is 0. The number of ether oxygens (including phenoxy) is 3. The molecule has 0 aromatic heterocycles. The molecule has 162 valence electrons. The fraction of sp³-hybridized carbons (Fsp3) is 0.458. The predicted molar refractivity (Wildman–Crippen MR) is 121 cm³/mol. The molecule has 1 aliphatic rings. The molecule has 0 aliphatic heterocycles. The Balaban J connectivity index is 1.56. The van der Waals surface area contributed by atoms with E-state index < -0.39 is 0 Å². The van der Waals surface area contributed by atoms with Gasteiger partial charge in [0.25, 0.3) is 0 Å². The van der Waals surface area contributed by atoms with Crippen LogP contribution >= 0.6 is 0 Å². The van der Waals surface area contributed by atoms with Crippen molar-refractivity contribution in [1.82, 2.24) is 10.6 Å². The molecule has 2 aromatic rings. The van der Waals surface area contributed by atoms with Gasteiger partial charge in [-0.1, -0.05) is 24.3 Å². The van der Waals surface area contributed by atoms with Crippen molar-refractivity contribution in [2.75, 3.05) is 41.0 Å². The highest BCUT2D eigenvalue weighted by Gasteiger charge is 2.44. The van der Waals surface area contributed by atoms with E-state index in [4.69, 9.17) is 14.2 Å². The summed E-state index contributed by atoms with van der Waals surface area (Å²) in [6.45, 7) is 4.65. The first-order valence-corrected chi connectivity index (χ1v) is 10.4. The molecule has 6 nitrogen and oxygen atoms in total. The molecule has 1 aliphatic carbocycles. The van der Waals surface area contributed by atoms with E-state index in [9.17, 15) is 0 Å². The highest BCUT2D eigenvalue weighted by atomic mass is 16.5. The third-order valence-corrected chi connectivity index (χ3v) is 5.59. The summed E-state index contributed by atoms with van der Waals surface area (Å²) < 4.78 is 16.3.